The van der Waals surface area contributed by atoms with E-state index < -0.39 is 5.97 Å². The summed E-state index contributed by atoms with van der Waals surface area (Å²) in [4.78, 5) is 25.3. The highest BCUT2D eigenvalue weighted by molar-refractivity contribution is 9.10. The standard InChI is InChI=1S/C25H19BrO5/c1-15(2)19-8-3-4-9-21(19)31-23-14-29-22-13-18(10-11-20(22)24(23)27)30-25(28)16-6-5-7-17(26)12-16/h3-15H,1-2H3. The average Bonchev–Trinajstić information content (AvgIpc) is 2.76. The molecule has 0 radical (unpaired) electrons. The second-order valence-electron chi connectivity index (χ2n) is 7.28. The first-order valence-corrected chi connectivity index (χ1v) is 10.5. The molecular weight excluding hydrogens is 460 g/mol. The summed E-state index contributed by atoms with van der Waals surface area (Å²) in [5.41, 5.74) is 1.40. The zero-order valence-electron chi connectivity index (χ0n) is 16.9. The van der Waals surface area contributed by atoms with E-state index in [0.29, 0.717) is 22.3 Å². The van der Waals surface area contributed by atoms with Crippen LogP contribution in [0.4, 0.5) is 0 Å². The Kier molecular flexibility index (Phi) is 5.91. The molecule has 0 aliphatic heterocycles. The van der Waals surface area contributed by atoms with E-state index in [0.717, 1.165) is 10.0 Å². The quantitative estimate of drug-likeness (QED) is 0.236. The van der Waals surface area contributed by atoms with Crippen LogP contribution in [0.3, 0.4) is 0 Å². The van der Waals surface area contributed by atoms with Gasteiger partial charge in [-0.1, -0.05) is 54.0 Å². The fraction of sp³-hybridized carbons (Fsp3) is 0.120. The third kappa shape index (κ3) is 4.54. The van der Waals surface area contributed by atoms with Crippen LogP contribution in [0.25, 0.3) is 11.0 Å². The Labute approximate surface area is 187 Å². The van der Waals surface area contributed by atoms with E-state index in [1.54, 1.807) is 30.3 Å². The van der Waals surface area contributed by atoms with E-state index in [4.69, 9.17) is 13.9 Å². The molecule has 3 aromatic carbocycles. The van der Waals surface area contributed by atoms with Gasteiger partial charge in [0.05, 0.1) is 10.9 Å². The van der Waals surface area contributed by atoms with Crippen LogP contribution in [-0.4, -0.2) is 5.97 Å². The number of para-hydroxylation sites is 1. The maximum atomic E-state index is 12.9. The minimum Gasteiger partial charge on any atom is -0.460 e. The maximum Gasteiger partial charge on any atom is 0.343 e. The van der Waals surface area contributed by atoms with Gasteiger partial charge in [0.2, 0.25) is 11.2 Å². The van der Waals surface area contributed by atoms with Crippen molar-refractivity contribution in [1.82, 2.24) is 0 Å². The number of fused-ring (bicyclic) bond motifs is 1. The van der Waals surface area contributed by atoms with Gasteiger partial charge in [-0.05, 0) is 47.9 Å². The Morgan fingerprint density at radius 2 is 1.77 bits per heavy atom. The highest BCUT2D eigenvalue weighted by Crippen LogP contribution is 2.30. The normalized spacial score (nSPS) is 11.0. The number of carbonyl (C=O) groups is 1. The summed E-state index contributed by atoms with van der Waals surface area (Å²) in [5, 5.41) is 0.335. The van der Waals surface area contributed by atoms with Crippen molar-refractivity contribution in [1.29, 1.82) is 0 Å². The molecule has 1 heterocycles. The molecule has 4 rings (SSSR count). The molecule has 0 amide bonds. The number of halogens is 1. The third-order valence-corrected chi connectivity index (χ3v) is 5.24. The summed E-state index contributed by atoms with van der Waals surface area (Å²) in [5.74, 6) is 0.724. The maximum absolute atomic E-state index is 12.9. The van der Waals surface area contributed by atoms with Crippen molar-refractivity contribution in [3.05, 3.63) is 98.8 Å². The first kappa shape index (κ1) is 20.9. The van der Waals surface area contributed by atoms with E-state index in [2.05, 4.69) is 29.8 Å². The summed E-state index contributed by atoms with van der Waals surface area (Å²) in [7, 11) is 0. The predicted molar refractivity (Wildman–Crippen MR) is 122 cm³/mol. The molecule has 156 valence electrons. The summed E-state index contributed by atoms with van der Waals surface area (Å²) < 4.78 is 17.7. The van der Waals surface area contributed by atoms with Crippen LogP contribution in [-0.2, 0) is 0 Å². The molecule has 1 aromatic heterocycles. The molecule has 0 atom stereocenters. The van der Waals surface area contributed by atoms with Crippen LogP contribution in [0.1, 0.15) is 35.7 Å². The summed E-state index contributed by atoms with van der Waals surface area (Å²) >= 11 is 3.33. The lowest BCUT2D eigenvalue weighted by Crippen LogP contribution is -2.09. The first-order chi connectivity index (χ1) is 14.9. The zero-order chi connectivity index (χ0) is 22.0. The molecule has 0 aliphatic carbocycles. The summed E-state index contributed by atoms with van der Waals surface area (Å²) in [6, 6.07) is 19.1. The van der Waals surface area contributed by atoms with Crippen LogP contribution in [0.5, 0.6) is 17.2 Å². The lowest BCUT2D eigenvalue weighted by atomic mass is 10.0. The molecule has 4 aromatic rings. The number of esters is 1. The second-order valence-corrected chi connectivity index (χ2v) is 8.20. The number of benzene rings is 3. The van der Waals surface area contributed by atoms with Gasteiger partial charge in [0, 0.05) is 10.5 Å². The largest absolute Gasteiger partial charge is 0.460 e. The van der Waals surface area contributed by atoms with Crippen molar-refractivity contribution in [2.45, 2.75) is 19.8 Å². The monoisotopic (exact) mass is 478 g/mol. The number of rotatable bonds is 5. The minimum atomic E-state index is -0.506. The van der Waals surface area contributed by atoms with Crippen LogP contribution >= 0.6 is 15.9 Å². The number of hydrogen-bond donors (Lipinski definition) is 0. The molecule has 31 heavy (non-hydrogen) atoms. The van der Waals surface area contributed by atoms with E-state index in [-0.39, 0.29) is 22.8 Å². The molecule has 6 heteroatoms. The van der Waals surface area contributed by atoms with Gasteiger partial charge in [0.15, 0.2) is 0 Å². The van der Waals surface area contributed by atoms with Crippen molar-refractivity contribution in [3.8, 4) is 17.2 Å². The topological polar surface area (TPSA) is 65.7 Å². The van der Waals surface area contributed by atoms with Crippen molar-refractivity contribution in [2.24, 2.45) is 0 Å². The van der Waals surface area contributed by atoms with Gasteiger partial charge >= 0.3 is 5.97 Å². The van der Waals surface area contributed by atoms with Crippen LogP contribution in [0.15, 0.2) is 86.7 Å². The molecule has 5 nitrogen and oxygen atoms in total. The molecule has 0 N–H and O–H groups in total. The molecule has 0 bridgehead atoms. The second kappa shape index (κ2) is 8.78. The van der Waals surface area contributed by atoms with E-state index in [9.17, 15) is 9.59 Å². The third-order valence-electron chi connectivity index (χ3n) is 4.75. The highest BCUT2D eigenvalue weighted by atomic mass is 79.9. The number of carbonyl (C=O) groups excluding carboxylic acids is 1. The molecule has 0 saturated heterocycles. The highest BCUT2D eigenvalue weighted by Gasteiger charge is 2.15. The van der Waals surface area contributed by atoms with Crippen LogP contribution in [0.2, 0.25) is 0 Å². The van der Waals surface area contributed by atoms with Gasteiger partial charge in [-0.3, -0.25) is 4.79 Å². The Hall–Kier alpha value is -3.38. The predicted octanol–water partition coefficient (Wildman–Crippen LogP) is 6.69. The molecular formula is C25H19BrO5. The van der Waals surface area contributed by atoms with E-state index >= 15 is 0 Å². The SMILES string of the molecule is CC(C)c1ccccc1Oc1coc2cc(OC(=O)c3cccc(Br)c3)ccc2c1=O. The smallest absolute Gasteiger partial charge is 0.343 e. The Balaban J connectivity index is 1.61. The first-order valence-electron chi connectivity index (χ1n) is 9.72. The van der Waals surface area contributed by atoms with Gasteiger partial charge in [-0.25, -0.2) is 4.79 Å². The molecule has 0 unspecified atom stereocenters. The minimum absolute atomic E-state index is 0.0967. The Morgan fingerprint density at radius 1 is 0.968 bits per heavy atom. The molecule has 0 saturated carbocycles. The number of ether oxygens (including phenoxy) is 2. The average molecular weight is 479 g/mol. The van der Waals surface area contributed by atoms with Gasteiger partial charge in [-0.15, -0.1) is 0 Å². The summed E-state index contributed by atoms with van der Waals surface area (Å²) in [6.45, 7) is 4.12. The number of hydrogen-bond acceptors (Lipinski definition) is 5. The molecule has 0 aliphatic rings. The van der Waals surface area contributed by atoms with Gasteiger partial charge < -0.3 is 13.9 Å². The molecule has 0 fully saturated rings. The van der Waals surface area contributed by atoms with Crippen molar-refractivity contribution in [3.63, 3.8) is 0 Å². The fourth-order valence-electron chi connectivity index (χ4n) is 3.18. The van der Waals surface area contributed by atoms with Crippen molar-refractivity contribution >= 4 is 32.9 Å². The lowest BCUT2D eigenvalue weighted by Gasteiger charge is -2.13. The van der Waals surface area contributed by atoms with Crippen LogP contribution in [0, 0.1) is 0 Å². The van der Waals surface area contributed by atoms with Gasteiger partial charge in [0.25, 0.3) is 0 Å². The van der Waals surface area contributed by atoms with Crippen molar-refractivity contribution < 1.29 is 18.7 Å². The van der Waals surface area contributed by atoms with Crippen LogP contribution < -0.4 is 14.9 Å². The van der Waals surface area contributed by atoms with Crippen molar-refractivity contribution in [2.75, 3.05) is 0 Å². The fourth-order valence-corrected chi connectivity index (χ4v) is 3.57. The molecule has 0 spiro atoms. The lowest BCUT2D eigenvalue weighted by molar-refractivity contribution is 0.0735. The summed E-state index contributed by atoms with van der Waals surface area (Å²) in [6.07, 6.45) is 1.28. The Morgan fingerprint density at radius 3 is 2.55 bits per heavy atom. The zero-order valence-corrected chi connectivity index (χ0v) is 18.5. The van der Waals surface area contributed by atoms with E-state index in [1.165, 1.54) is 12.3 Å². The van der Waals surface area contributed by atoms with Gasteiger partial charge in [0.1, 0.15) is 23.3 Å². The van der Waals surface area contributed by atoms with E-state index in [1.807, 2.05) is 30.3 Å². The van der Waals surface area contributed by atoms with Gasteiger partial charge in [-0.2, -0.15) is 0 Å². The Bertz CT molecular complexity index is 1320.